The third-order valence-corrected chi connectivity index (χ3v) is 2.67. The maximum absolute atomic E-state index is 7.43. The van der Waals surface area contributed by atoms with Crippen molar-refractivity contribution in [3.8, 4) is 11.5 Å². The summed E-state index contributed by atoms with van der Waals surface area (Å²) in [7, 11) is 0. The van der Waals surface area contributed by atoms with Gasteiger partial charge >= 0.3 is 0 Å². The van der Waals surface area contributed by atoms with Crippen LogP contribution in [-0.2, 0) is 0 Å². The second-order valence-corrected chi connectivity index (χ2v) is 4.08. The molecule has 0 spiro atoms. The molecule has 0 amide bonds. The van der Waals surface area contributed by atoms with Crippen LogP contribution in [0.25, 0.3) is 0 Å². The van der Waals surface area contributed by atoms with E-state index in [9.17, 15) is 0 Å². The minimum Gasteiger partial charge on any atom is -0.455 e. The zero-order valence-corrected chi connectivity index (χ0v) is 10.4. The quantitative estimate of drug-likeness (QED) is 0.641. The number of aryl methyl sites for hydroxylation is 2. The zero-order valence-electron chi connectivity index (χ0n) is 10.4. The lowest BCUT2D eigenvalue weighted by Crippen LogP contribution is -2.12. The fraction of sp³-hybridized carbons (Fsp3) is 0.143. The van der Waals surface area contributed by atoms with Crippen molar-refractivity contribution in [3.63, 3.8) is 0 Å². The van der Waals surface area contributed by atoms with Gasteiger partial charge in [-0.15, -0.1) is 0 Å². The summed E-state index contributed by atoms with van der Waals surface area (Å²) in [6, 6.07) is 9.16. The van der Waals surface area contributed by atoms with Gasteiger partial charge in [0.25, 0.3) is 0 Å². The van der Waals surface area contributed by atoms with E-state index in [4.69, 9.17) is 15.9 Å². The first-order valence-electron chi connectivity index (χ1n) is 5.62. The van der Waals surface area contributed by atoms with Crippen LogP contribution in [0.5, 0.6) is 11.5 Å². The van der Waals surface area contributed by atoms with Crippen molar-refractivity contribution in [1.29, 1.82) is 5.41 Å². The van der Waals surface area contributed by atoms with Crippen molar-refractivity contribution in [3.05, 3.63) is 53.3 Å². The number of nitrogens with two attached hydrogens (primary N) is 1. The highest BCUT2D eigenvalue weighted by atomic mass is 16.5. The molecule has 2 rings (SSSR count). The zero-order chi connectivity index (χ0) is 13.1. The molecule has 92 valence electrons. The number of aromatic nitrogens is 1. The Bertz CT molecular complexity index is 593. The maximum atomic E-state index is 7.43. The molecule has 0 saturated carbocycles. The lowest BCUT2D eigenvalue weighted by molar-refractivity contribution is 0.475. The van der Waals surface area contributed by atoms with Crippen LogP contribution in [0.2, 0.25) is 0 Å². The Morgan fingerprint density at radius 2 is 2.06 bits per heavy atom. The van der Waals surface area contributed by atoms with Crippen LogP contribution in [0.4, 0.5) is 0 Å². The lowest BCUT2D eigenvalue weighted by atomic mass is 10.1. The minimum absolute atomic E-state index is 0.0663. The number of amidine groups is 1. The molecule has 1 aromatic carbocycles. The first kappa shape index (κ1) is 12.1. The average Bonchev–Trinajstić information content (AvgIpc) is 2.32. The van der Waals surface area contributed by atoms with Gasteiger partial charge in [-0.1, -0.05) is 0 Å². The van der Waals surface area contributed by atoms with Crippen molar-refractivity contribution in [1.82, 2.24) is 4.98 Å². The first-order valence-corrected chi connectivity index (χ1v) is 5.62. The van der Waals surface area contributed by atoms with Crippen molar-refractivity contribution in [2.75, 3.05) is 0 Å². The third kappa shape index (κ3) is 2.48. The van der Waals surface area contributed by atoms with Gasteiger partial charge < -0.3 is 10.5 Å². The number of hydrogen-bond acceptors (Lipinski definition) is 3. The van der Waals surface area contributed by atoms with Crippen molar-refractivity contribution in [2.45, 2.75) is 13.8 Å². The summed E-state index contributed by atoms with van der Waals surface area (Å²) in [6.45, 7) is 3.80. The van der Waals surface area contributed by atoms with Crippen LogP contribution in [0.3, 0.4) is 0 Å². The fourth-order valence-electron chi connectivity index (χ4n) is 1.71. The Morgan fingerprint density at radius 1 is 1.28 bits per heavy atom. The molecule has 0 atom stereocenters. The highest BCUT2D eigenvalue weighted by Gasteiger charge is 2.05. The second kappa shape index (κ2) is 4.87. The monoisotopic (exact) mass is 241 g/mol. The van der Waals surface area contributed by atoms with Crippen molar-refractivity contribution in [2.24, 2.45) is 5.73 Å². The molecule has 2 aromatic rings. The number of ether oxygens (including phenoxy) is 1. The van der Waals surface area contributed by atoms with Crippen LogP contribution in [0, 0.1) is 19.3 Å². The molecule has 0 unspecified atom stereocenters. The summed E-state index contributed by atoms with van der Waals surface area (Å²) in [5.74, 6) is 1.51. The van der Waals surface area contributed by atoms with E-state index in [0.717, 1.165) is 22.6 Å². The smallest absolute Gasteiger partial charge is 0.148 e. The summed E-state index contributed by atoms with van der Waals surface area (Å²) in [5, 5.41) is 7.43. The number of hydrogen-bond donors (Lipinski definition) is 2. The molecule has 0 aliphatic carbocycles. The van der Waals surface area contributed by atoms with E-state index in [1.54, 1.807) is 18.3 Å². The fourth-order valence-corrected chi connectivity index (χ4v) is 1.71. The highest BCUT2D eigenvalue weighted by molar-refractivity contribution is 5.96. The molecule has 0 aliphatic heterocycles. The molecule has 18 heavy (non-hydrogen) atoms. The molecular weight excluding hydrogens is 226 g/mol. The molecule has 4 heteroatoms. The van der Waals surface area contributed by atoms with E-state index < -0.39 is 0 Å². The number of nitrogens with one attached hydrogen (secondary N) is 1. The van der Waals surface area contributed by atoms with Gasteiger partial charge in [0.2, 0.25) is 0 Å². The Kier molecular flexibility index (Phi) is 3.28. The molecule has 0 radical (unpaired) electrons. The highest BCUT2D eigenvalue weighted by Crippen LogP contribution is 2.25. The van der Waals surface area contributed by atoms with E-state index in [-0.39, 0.29) is 5.84 Å². The van der Waals surface area contributed by atoms with Crippen LogP contribution < -0.4 is 10.5 Å². The van der Waals surface area contributed by atoms with Gasteiger partial charge in [0.1, 0.15) is 17.3 Å². The van der Waals surface area contributed by atoms with Gasteiger partial charge in [-0.2, -0.15) is 0 Å². The van der Waals surface area contributed by atoms with E-state index in [0.29, 0.717) is 5.75 Å². The predicted octanol–water partition coefficient (Wildman–Crippen LogP) is 2.77. The first-order chi connectivity index (χ1) is 8.58. The standard InChI is InChI=1S/C14H15N3O/c1-9-8-11(5-6-12(9)14(15)16)18-13-4-3-7-17-10(13)2/h3-8H,1-2H3,(H3,15,16). The number of benzene rings is 1. The number of pyridine rings is 1. The van der Waals surface area contributed by atoms with Crippen molar-refractivity contribution >= 4 is 5.84 Å². The Balaban J connectivity index is 2.29. The van der Waals surface area contributed by atoms with Gasteiger partial charge in [-0.25, -0.2) is 0 Å². The van der Waals surface area contributed by atoms with Crippen LogP contribution in [-0.4, -0.2) is 10.8 Å². The molecule has 0 fully saturated rings. The number of nitrogen functional groups attached to an aromatic ring is 1. The van der Waals surface area contributed by atoms with Crippen LogP contribution in [0.15, 0.2) is 36.5 Å². The Labute approximate surface area is 106 Å². The molecule has 0 saturated heterocycles. The van der Waals surface area contributed by atoms with Gasteiger partial charge in [-0.05, 0) is 49.7 Å². The second-order valence-electron chi connectivity index (χ2n) is 4.08. The number of rotatable bonds is 3. The summed E-state index contributed by atoms with van der Waals surface area (Å²) in [5.41, 5.74) is 7.96. The normalized spacial score (nSPS) is 10.1. The average molecular weight is 241 g/mol. The van der Waals surface area contributed by atoms with E-state index in [2.05, 4.69) is 4.98 Å². The van der Waals surface area contributed by atoms with Crippen LogP contribution >= 0.6 is 0 Å². The molecule has 1 heterocycles. The largest absolute Gasteiger partial charge is 0.455 e. The van der Waals surface area contributed by atoms with Gasteiger partial charge in [0, 0.05) is 11.8 Å². The summed E-state index contributed by atoms with van der Waals surface area (Å²) in [4.78, 5) is 4.16. The van der Waals surface area contributed by atoms with E-state index in [1.165, 1.54) is 0 Å². The molecule has 1 aromatic heterocycles. The Hall–Kier alpha value is -2.36. The van der Waals surface area contributed by atoms with Gasteiger partial charge in [0.15, 0.2) is 0 Å². The third-order valence-electron chi connectivity index (χ3n) is 2.67. The number of nitrogens with zero attached hydrogens (tertiary/aromatic N) is 1. The van der Waals surface area contributed by atoms with E-state index >= 15 is 0 Å². The topological polar surface area (TPSA) is 72.0 Å². The molecule has 0 bridgehead atoms. The predicted molar refractivity (Wildman–Crippen MR) is 71.2 cm³/mol. The summed E-state index contributed by atoms with van der Waals surface area (Å²) in [6.07, 6.45) is 1.73. The summed E-state index contributed by atoms with van der Waals surface area (Å²) < 4.78 is 5.75. The summed E-state index contributed by atoms with van der Waals surface area (Å²) >= 11 is 0. The lowest BCUT2D eigenvalue weighted by Gasteiger charge is -2.10. The van der Waals surface area contributed by atoms with Gasteiger partial charge in [0.05, 0.1) is 5.69 Å². The molecular formula is C14H15N3O. The maximum Gasteiger partial charge on any atom is 0.148 e. The Morgan fingerprint density at radius 3 is 2.67 bits per heavy atom. The molecule has 3 N–H and O–H groups in total. The van der Waals surface area contributed by atoms with E-state index in [1.807, 2.05) is 32.0 Å². The van der Waals surface area contributed by atoms with Gasteiger partial charge in [-0.3, -0.25) is 10.4 Å². The molecule has 0 aliphatic rings. The van der Waals surface area contributed by atoms with Crippen molar-refractivity contribution < 1.29 is 4.74 Å². The molecule has 4 nitrogen and oxygen atoms in total. The SMILES string of the molecule is Cc1cc(Oc2cccnc2C)ccc1C(=N)N. The van der Waals surface area contributed by atoms with Crippen LogP contribution in [0.1, 0.15) is 16.8 Å². The minimum atomic E-state index is 0.0663.